The summed E-state index contributed by atoms with van der Waals surface area (Å²) in [5, 5.41) is 5.57. The fraction of sp³-hybridized carbons (Fsp3) is 0.227. The van der Waals surface area contributed by atoms with E-state index >= 15 is 0 Å². The highest BCUT2D eigenvalue weighted by atomic mass is 32.2. The van der Waals surface area contributed by atoms with E-state index in [1.165, 1.54) is 21.9 Å². The van der Waals surface area contributed by atoms with Gasteiger partial charge in [0.25, 0.3) is 0 Å². The highest BCUT2D eigenvalue weighted by Gasteiger charge is 2.08. The lowest BCUT2D eigenvalue weighted by molar-refractivity contribution is -0.118. The van der Waals surface area contributed by atoms with E-state index in [2.05, 4.69) is 66.8 Å². The van der Waals surface area contributed by atoms with Crippen molar-refractivity contribution in [1.82, 2.24) is 5.32 Å². The van der Waals surface area contributed by atoms with Crippen LogP contribution in [0.25, 0.3) is 10.8 Å². The van der Waals surface area contributed by atoms with Gasteiger partial charge in [-0.25, -0.2) is 0 Å². The van der Waals surface area contributed by atoms with Crippen LogP contribution in [0, 0.1) is 0 Å². The molecule has 3 rings (SSSR count). The fourth-order valence-corrected chi connectivity index (χ4v) is 3.75. The topological polar surface area (TPSA) is 29.1 Å². The molecule has 0 aliphatic rings. The number of nitrogens with one attached hydrogen (secondary N) is 1. The summed E-state index contributed by atoms with van der Waals surface area (Å²) in [7, 11) is 0. The smallest absolute Gasteiger partial charge is 0.230 e. The maximum atomic E-state index is 12.1. The normalized spacial score (nSPS) is 12.0. The zero-order valence-corrected chi connectivity index (χ0v) is 15.3. The van der Waals surface area contributed by atoms with Gasteiger partial charge in [0.2, 0.25) is 5.91 Å². The molecule has 0 spiro atoms. The van der Waals surface area contributed by atoms with Gasteiger partial charge in [-0.3, -0.25) is 4.79 Å². The molecule has 0 saturated carbocycles. The minimum absolute atomic E-state index is 0.105. The van der Waals surface area contributed by atoms with Crippen LogP contribution in [0.2, 0.25) is 0 Å². The van der Waals surface area contributed by atoms with E-state index in [0.29, 0.717) is 18.2 Å². The lowest BCUT2D eigenvalue weighted by Crippen LogP contribution is -2.29. The van der Waals surface area contributed by atoms with Gasteiger partial charge in [-0.2, -0.15) is 0 Å². The molecule has 25 heavy (non-hydrogen) atoms. The minimum Gasteiger partial charge on any atom is -0.355 e. The van der Waals surface area contributed by atoms with Crippen molar-refractivity contribution in [3.05, 3.63) is 83.9 Å². The largest absolute Gasteiger partial charge is 0.355 e. The molecule has 0 aromatic heterocycles. The molecule has 0 saturated heterocycles. The zero-order chi connectivity index (χ0) is 17.5. The summed E-state index contributed by atoms with van der Waals surface area (Å²) >= 11 is 1.66. The average Bonchev–Trinajstić information content (AvgIpc) is 2.67. The van der Waals surface area contributed by atoms with Crippen molar-refractivity contribution < 1.29 is 4.79 Å². The van der Waals surface area contributed by atoms with Gasteiger partial charge in [0.1, 0.15) is 0 Å². The van der Waals surface area contributed by atoms with Crippen molar-refractivity contribution in [2.45, 2.75) is 18.6 Å². The van der Waals surface area contributed by atoms with Crippen molar-refractivity contribution in [3.8, 4) is 0 Å². The van der Waals surface area contributed by atoms with Crippen LogP contribution < -0.4 is 5.32 Å². The monoisotopic (exact) mass is 349 g/mol. The predicted octanol–water partition coefficient (Wildman–Crippen LogP) is 4.99. The summed E-state index contributed by atoms with van der Waals surface area (Å²) in [6.45, 7) is 2.82. The lowest BCUT2D eigenvalue weighted by Gasteiger charge is -2.13. The molecule has 3 heteroatoms. The van der Waals surface area contributed by atoms with E-state index in [-0.39, 0.29) is 5.91 Å². The maximum absolute atomic E-state index is 12.1. The molecule has 3 aromatic rings. The summed E-state index contributed by atoms with van der Waals surface area (Å²) in [6.07, 6.45) is 0. The summed E-state index contributed by atoms with van der Waals surface area (Å²) in [6, 6.07) is 25.0. The number of benzene rings is 3. The number of carbonyl (C=O) groups excluding carboxylic acids is 1. The molecule has 0 bridgehead atoms. The molecular formula is C22H23NOS. The molecule has 3 aromatic carbocycles. The Hall–Kier alpha value is -2.26. The van der Waals surface area contributed by atoms with E-state index < -0.39 is 0 Å². The highest BCUT2D eigenvalue weighted by Crippen LogP contribution is 2.22. The van der Waals surface area contributed by atoms with Crippen molar-refractivity contribution >= 4 is 28.4 Å². The van der Waals surface area contributed by atoms with Gasteiger partial charge in [-0.05, 0) is 27.8 Å². The van der Waals surface area contributed by atoms with Crippen LogP contribution in [0.1, 0.15) is 24.0 Å². The molecule has 0 fully saturated rings. The van der Waals surface area contributed by atoms with Gasteiger partial charge in [0, 0.05) is 12.3 Å². The van der Waals surface area contributed by atoms with Gasteiger partial charge < -0.3 is 5.32 Å². The SMILES string of the molecule is C[C@@H](CNC(=O)CSCc1cccc2ccccc12)c1ccccc1. The first-order chi connectivity index (χ1) is 12.2. The number of carbonyl (C=O) groups is 1. The molecule has 1 amide bonds. The second-order valence-electron chi connectivity index (χ2n) is 6.25. The van der Waals surface area contributed by atoms with Crippen molar-refractivity contribution in [2.24, 2.45) is 0 Å². The van der Waals surface area contributed by atoms with E-state index in [9.17, 15) is 4.79 Å². The Labute approximate surface area is 153 Å². The van der Waals surface area contributed by atoms with Crippen molar-refractivity contribution in [2.75, 3.05) is 12.3 Å². The predicted molar refractivity (Wildman–Crippen MR) is 108 cm³/mol. The van der Waals surface area contributed by atoms with Crippen LogP contribution in [0.4, 0.5) is 0 Å². The van der Waals surface area contributed by atoms with Gasteiger partial charge in [-0.1, -0.05) is 79.7 Å². The van der Waals surface area contributed by atoms with Gasteiger partial charge in [0.15, 0.2) is 0 Å². The molecular weight excluding hydrogens is 326 g/mol. The minimum atomic E-state index is 0.105. The summed E-state index contributed by atoms with van der Waals surface area (Å²) in [5.74, 6) is 1.77. The number of fused-ring (bicyclic) bond motifs is 1. The summed E-state index contributed by atoms with van der Waals surface area (Å²) in [4.78, 5) is 12.1. The third-order valence-electron chi connectivity index (χ3n) is 4.34. The van der Waals surface area contributed by atoms with Crippen LogP contribution in [0.3, 0.4) is 0 Å². The van der Waals surface area contributed by atoms with Crippen LogP contribution in [-0.2, 0) is 10.5 Å². The number of amides is 1. The Morgan fingerprint density at radius 3 is 2.52 bits per heavy atom. The van der Waals surface area contributed by atoms with Crippen molar-refractivity contribution in [3.63, 3.8) is 0 Å². The Morgan fingerprint density at radius 2 is 1.68 bits per heavy atom. The Bertz CT molecular complexity index is 826. The molecule has 0 radical (unpaired) electrons. The molecule has 0 aliphatic heterocycles. The molecule has 1 N–H and O–H groups in total. The second kappa shape index (κ2) is 8.72. The van der Waals surface area contributed by atoms with E-state index in [1.807, 2.05) is 18.2 Å². The molecule has 0 unspecified atom stereocenters. The van der Waals surface area contributed by atoms with Gasteiger partial charge >= 0.3 is 0 Å². The number of rotatable bonds is 7. The second-order valence-corrected chi connectivity index (χ2v) is 7.23. The van der Waals surface area contributed by atoms with Gasteiger partial charge in [0.05, 0.1) is 5.75 Å². The van der Waals surface area contributed by atoms with Gasteiger partial charge in [-0.15, -0.1) is 11.8 Å². The first kappa shape index (κ1) is 17.6. The molecule has 128 valence electrons. The maximum Gasteiger partial charge on any atom is 0.230 e. The van der Waals surface area contributed by atoms with Crippen LogP contribution in [0.15, 0.2) is 72.8 Å². The third-order valence-corrected chi connectivity index (χ3v) is 5.33. The van der Waals surface area contributed by atoms with E-state index in [4.69, 9.17) is 0 Å². The number of hydrogen-bond acceptors (Lipinski definition) is 2. The van der Waals surface area contributed by atoms with E-state index in [0.717, 1.165) is 5.75 Å². The molecule has 0 aliphatic carbocycles. The first-order valence-corrected chi connectivity index (χ1v) is 9.75. The summed E-state index contributed by atoms with van der Waals surface area (Å²) < 4.78 is 0. The molecule has 1 atom stereocenters. The fourth-order valence-electron chi connectivity index (χ4n) is 2.89. The van der Waals surface area contributed by atoms with Crippen LogP contribution >= 0.6 is 11.8 Å². The Kier molecular flexibility index (Phi) is 6.13. The quantitative estimate of drug-likeness (QED) is 0.651. The molecule has 0 heterocycles. The van der Waals surface area contributed by atoms with Crippen LogP contribution in [-0.4, -0.2) is 18.2 Å². The zero-order valence-electron chi connectivity index (χ0n) is 14.4. The average molecular weight is 349 g/mol. The standard InChI is InChI=1S/C22H23NOS/c1-17(18-8-3-2-4-9-18)14-23-22(24)16-25-15-20-12-7-11-19-10-5-6-13-21(19)20/h2-13,17H,14-16H2,1H3,(H,23,24)/t17-/m0/s1. The summed E-state index contributed by atoms with van der Waals surface area (Å²) in [5.41, 5.74) is 2.54. The van der Waals surface area contributed by atoms with E-state index in [1.54, 1.807) is 11.8 Å². The number of hydrogen-bond donors (Lipinski definition) is 1. The Balaban J connectivity index is 1.46. The lowest BCUT2D eigenvalue weighted by atomic mass is 10.0. The first-order valence-electron chi connectivity index (χ1n) is 8.60. The molecule has 2 nitrogen and oxygen atoms in total. The van der Waals surface area contributed by atoms with Crippen molar-refractivity contribution in [1.29, 1.82) is 0 Å². The Morgan fingerprint density at radius 1 is 0.960 bits per heavy atom. The number of thioether (sulfide) groups is 1. The highest BCUT2D eigenvalue weighted by molar-refractivity contribution is 7.99. The third kappa shape index (κ3) is 4.86. The van der Waals surface area contributed by atoms with Crippen LogP contribution in [0.5, 0.6) is 0 Å².